The lowest BCUT2D eigenvalue weighted by Gasteiger charge is -2.23. The molecule has 0 unspecified atom stereocenters. The summed E-state index contributed by atoms with van der Waals surface area (Å²) in [6.45, 7) is 4.68. The van der Waals surface area contributed by atoms with Crippen LogP contribution in [-0.4, -0.2) is 38.4 Å². The fourth-order valence-corrected chi connectivity index (χ4v) is 1.96. The maximum atomic E-state index is 12.0. The topological polar surface area (TPSA) is 67.8 Å². The Morgan fingerprint density at radius 3 is 2.57 bits per heavy atom. The van der Waals surface area contributed by atoms with Gasteiger partial charge in [0.2, 0.25) is 5.91 Å². The number of ether oxygens (including phenoxy) is 2. The molecule has 0 fully saturated rings. The molecule has 1 amide bonds. The minimum absolute atomic E-state index is 0.0653. The van der Waals surface area contributed by atoms with Crippen molar-refractivity contribution in [1.82, 2.24) is 5.32 Å². The van der Waals surface area contributed by atoms with E-state index in [1.54, 1.807) is 26.4 Å². The highest BCUT2D eigenvalue weighted by atomic mass is 16.5. The van der Waals surface area contributed by atoms with Gasteiger partial charge in [-0.05, 0) is 17.9 Å². The van der Waals surface area contributed by atoms with Crippen LogP contribution in [0.4, 0.5) is 0 Å². The van der Waals surface area contributed by atoms with Crippen molar-refractivity contribution >= 4 is 5.91 Å². The zero-order chi connectivity index (χ0) is 15.9. The van der Waals surface area contributed by atoms with Crippen LogP contribution in [-0.2, 0) is 11.2 Å². The predicted molar refractivity (Wildman–Crippen MR) is 81.7 cm³/mol. The predicted octanol–water partition coefficient (Wildman–Crippen LogP) is 1.77. The summed E-state index contributed by atoms with van der Waals surface area (Å²) in [5, 5.41) is 11.9. The molecular formula is C16H25NO4. The molecule has 0 heterocycles. The molecule has 5 heteroatoms. The summed E-state index contributed by atoms with van der Waals surface area (Å²) in [5.41, 5.74) is 0.699. The lowest BCUT2D eigenvalue weighted by atomic mass is 9.89. The summed E-state index contributed by atoms with van der Waals surface area (Å²) in [4.78, 5) is 12.0. The van der Waals surface area contributed by atoms with Gasteiger partial charge < -0.3 is 19.9 Å². The summed E-state index contributed by atoms with van der Waals surface area (Å²) in [6.07, 6.45) is 0.904. The van der Waals surface area contributed by atoms with Crippen molar-refractivity contribution in [3.05, 3.63) is 23.8 Å². The first kappa shape index (κ1) is 17.3. The number of hydrogen-bond acceptors (Lipinski definition) is 4. The Bertz CT molecular complexity index is 471. The van der Waals surface area contributed by atoms with Gasteiger partial charge in [0, 0.05) is 24.8 Å². The van der Waals surface area contributed by atoms with Gasteiger partial charge in [-0.1, -0.05) is 19.9 Å². The van der Waals surface area contributed by atoms with Crippen LogP contribution >= 0.6 is 0 Å². The van der Waals surface area contributed by atoms with E-state index in [9.17, 15) is 4.79 Å². The lowest BCUT2D eigenvalue weighted by Crippen LogP contribution is -2.35. The van der Waals surface area contributed by atoms with Gasteiger partial charge in [-0.15, -0.1) is 0 Å². The van der Waals surface area contributed by atoms with Crippen LogP contribution in [0, 0.1) is 5.41 Å². The fraction of sp³-hybridized carbons (Fsp3) is 0.562. The minimum Gasteiger partial charge on any atom is -0.497 e. The molecule has 118 valence electrons. The SMILES string of the molecule is COc1ccc(CC(=O)NCC(C)(C)CCO)c(OC)c1. The number of aliphatic hydroxyl groups is 1. The zero-order valence-corrected chi connectivity index (χ0v) is 13.2. The van der Waals surface area contributed by atoms with E-state index in [1.165, 1.54) is 0 Å². The molecule has 0 radical (unpaired) electrons. The fourth-order valence-electron chi connectivity index (χ4n) is 1.96. The molecule has 5 nitrogen and oxygen atoms in total. The zero-order valence-electron chi connectivity index (χ0n) is 13.2. The van der Waals surface area contributed by atoms with E-state index in [0.717, 1.165) is 5.56 Å². The summed E-state index contributed by atoms with van der Waals surface area (Å²) in [5.74, 6) is 1.27. The number of rotatable bonds is 8. The molecule has 1 aromatic rings. The Morgan fingerprint density at radius 2 is 2.00 bits per heavy atom. The first-order valence-corrected chi connectivity index (χ1v) is 7.00. The Kier molecular flexibility index (Phi) is 6.49. The largest absolute Gasteiger partial charge is 0.497 e. The maximum absolute atomic E-state index is 12.0. The number of carbonyl (C=O) groups excluding carboxylic acids is 1. The summed E-state index contributed by atoms with van der Waals surface area (Å²) in [6, 6.07) is 5.40. The van der Waals surface area contributed by atoms with Crippen molar-refractivity contribution in [3.63, 3.8) is 0 Å². The highest BCUT2D eigenvalue weighted by Crippen LogP contribution is 2.25. The second-order valence-corrected chi connectivity index (χ2v) is 5.77. The average molecular weight is 295 g/mol. The number of nitrogens with one attached hydrogen (secondary N) is 1. The lowest BCUT2D eigenvalue weighted by molar-refractivity contribution is -0.120. The van der Waals surface area contributed by atoms with Crippen LogP contribution in [0.2, 0.25) is 0 Å². The molecule has 1 rings (SSSR count). The second-order valence-electron chi connectivity index (χ2n) is 5.77. The molecule has 0 aliphatic rings. The third-order valence-electron chi connectivity index (χ3n) is 3.40. The summed E-state index contributed by atoms with van der Waals surface area (Å²) >= 11 is 0. The molecule has 0 saturated heterocycles. The van der Waals surface area contributed by atoms with Gasteiger partial charge in [-0.2, -0.15) is 0 Å². The van der Waals surface area contributed by atoms with E-state index in [-0.39, 0.29) is 24.3 Å². The molecule has 0 bridgehead atoms. The van der Waals surface area contributed by atoms with Gasteiger partial charge in [0.1, 0.15) is 11.5 Å². The smallest absolute Gasteiger partial charge is 0.224 e. The first-order chi connectivity index (χ1) is 9.91. The summed E-state index contributed by atoms with van der Waals surface area (Å²) in [7, 11) is 3.16. The molecule has 0 atom stereocenters. The molecule has 0 aliphatic carbocycles. The van der Waals surface area contributed by atoms with E-state index < -0.39 is 0 Å². The first-order valence-electron chi connectivity index (χ1n) is 7.00. The average Bonchev–Trinajstić information content (AvgIpc) is 2.45. The molecule has 0 saturated carbocycles. The molecular weight excluding hydrogens is 270 g/mol. The van der Waals surface area contributed by atoms with Gasteiger partial charge in [0.05, 0.1) is 20.6 Å². The Morgan fingerprint density at radius 1 is 1.29 bits per heavy atom. The van der Waals surface area contributed by atoms with Gasteiger partial charge in [-0.25, -0.2) is 0 Å². The number of hydrogen-bond donors (Lipinski definition) is 2. The van der Waals surface area contributed by atoms with E-state index in [1.807, 2.05) is 19.9 Å². The summed E-state index contributed by atoms with van der Waals surface area (Å²) < 4.78 is 10.4. The van der Waals surface area contributed by atoms with Crippen molar-refractivity contribution < 1.29 is 19.4 Å². The number of aliphatic hydroxyl groups excluding tert-OH is 1. The number of carbonyl (C=O) groups is 1. The molecule has 1 aromatic carbocycles. The standard InChI is InChI=1S/C16H25NO4/c1-16(2,7-8-18)11-17-15(19)9-12-5-6-13(20-3)10-14(12)21-4/h5-6,10,18H,7-9,11H2,1-4H3,(H,17,19). The molecule has 2 N–H and O–H groups in total. The van der Waals surface area contributed by atoms with E-state index >= 15 is 0 Å². The molecule has 0 spiro atoms. The maximum Gasteiger partial charge on any atom is 0.224 e. The van der Waals surface area contributed by atoms with E-state index in [0.29, 0.717) is 24.5 Å². The van der Waals surface area contributed by atoms with Crippen LogP contribution < -0.4 is 14.8 Å². The number of benzene rings is 1. The van der Waals surface area contributed by atoms with Gasteiger partial charge >= 0.3 is 0 Å². The monoisotopic (exact) mass is 295 g/mol. The quantitative estimate of drug-likeness (QED) is 0.767. The van der Waals surface area contributed by atoms with Crippen molar-refractivity contribution in [1.29, 1.82) is 0 Å². The Hall–Kier alpha value is -1.75. The third kappa shape index (κ3) is 5.63. The van der Waals surface area contributed by atoms with Crippen LogP contribution in [0.15, 0.2) is 18.2 Å². The normalized spacial score (nSPS) is 11.1. The third-order valence-corrected chi connectivity index (χ3v) is 3.40. The highest BCUT2D eigenvalue weighted by molar-refractivity contribution is 5.79. The van der Waals surface area contributed by atoms with Crippen molar-refractivity contribution in [2.45, 2.75) is 26.7 Å². The van der Waals surface area contributed by atoms with Gasteiger partial charge in [-0.3, -0.25) is 4.79 Å². The van der Waals surface area contributed by atoms with E-state index in [2.05, 4.69) is 5.32 Å². The number of amides is 1. The van der Waals surface area contributed by atoms with Crippen LogP contribution in [0.3, 0.4) is 0 Å². The Balaban J connectivity index is 2.62. The van der Waals surface area contributed by atoms with Crippen molar-refractivity contribution in [3.8, 4) is 11.5 Å². The molecule has 21 heavy (non-hydrogen) atoms. The molecule has 0 aliphatic heterocycles. The van der Waals surface area contributed by atoms with Crippen molar-refractivity contribution in [2.24, 2.45) is 5.41 Å². The molecule has 0 aromatic heterocycles. The van der Waals surface area contributed by atoms with Crippen molar-refractivity contribution in [2.75, 3.05) is 27.4 Å². The van der Waals surface area contributed by atoms with Crippen LogP contribution in [0.5, 0.6) is 11.5 Å². The van der Waals surface area contributed by atoms with Gasteiger partial charge in [0.25, 0.3) is 0 Å². The van der Waals surface area contributed by atoms with Crippen LogP contribution in [0.1, 0.15) is 25.8 Å². The second kappa shape index (κ2) is 7.88. The van der Waals surface area contributed by atoms with Gasteiger partial charge in [0.15, 0.2) is 0 Å². The highest BCUT2D eigenvalue weighted by Gasteiger charge is 2.18. The minimum atomic E-state index is -0.117. The Labute approximate surface area is 126 Å². The number of methoxy groups -OCH3 is 2. The van der Waals surface area contributed by atoms with Crippen LogP contribution in [0.25, 0.3) is 0 Å². The van der Waals surface area contributed by atoms with E-state index in [4.69, 9.17) is 14.6 Å².